The molecule has 0 bridgehead atoms. The zero-order valence-corrected chi connectivity index (χ0v) is 56.4. The van der Waals surface area contributed by atoms with E-state index in [0.29, 0.717) is 19.0 Å². The van der Waals surface area contributed by atoms with Crippen LogP contribution in [0.3, 0.4) is 0 Å². The highest BCUT2D eigenvalue weighted by atomic mass is 16.5. The molecule has 5 amide bonds. The molecule has 5 aliphatic heterocycles. The van der Waals surface area contributed by atoms with E-state index in [4.69, 9.17) is 9.47 Å². The predicted octanol–water partition coefficient (Wildman–Crippen LogP) is 16.2. The van der Waals surface area contributed by atoms with E-state index < -0.39 is 0 Å². The summed E-state index contributed by atoms with van der Waals surface area (Å²) < 4.78 is 10.2. The number of nitrogens with one attached hydrogen (secondary N) is 5. The molecule has 0 aromatic heterocycles. The van der Waals surface area contributed by atoms with Crippen molar-refractivity contribution in [1.82, 2.24) is 27.1 Å². The Morgan fingerprint density at radius 3 is 1.34 bits per heavy atom. The zero-order chi connectivity index (χ0) is 65.8. The van der Waals surface area contributed by atoms with Crippen LogP contribution < -0.4 is 61.6 Å². The van der Waals surface area contributed by atoms with Gasteiger partial charge in [-0.05, 0) is 123 Å². The van der Waals surface area contributed by atoms with E-state index in [2.05, 4.69) is 99.9 Å². The average Bonchev–Trinajstić information content (AvgIpc) is 1.78. The van der Waals surface area contributed by atoms with Gasteiger partial charge in [0.1, 0.15) is 11.5 Å². The number of ether oxygens (including phenoxy) is 2. The maximum Gasteiger partial charge on any atom is 0.243 e. The molecule has 0 aliphatic carbocycles. The maximum absolute atomic E-state index is 12.5. The van der Waals surface area contributed by atoms with Crippen molar-refractivity contribution < 1.29 is 33.4 Å². The summed E-state index contributed by atoms with van der Waals surface area (Å²) in [5.74, 6) is 5.43. The molecule has 0 radical (unpaired) electrons. The first kappa shape index (κ1) is 82.9. The van der Waals surface area contributed by atoms with Gasteiger partial charge in [0.25, 0.3) is 0 Å². The number of nitrogens with zero attached hydrogens (tertiary/aromatic N) is 5. The largest absolute Gasteiger partial charge is 0.497 e. The SMILES string of the molecule is C.C.C.C.CC(C)CCCC(C)CCCC(C)CCCC(C)C1CN(c2ccccc2)NC1=O.CC1C(=O)NN(c2ccccc2)C1C.CCC=CCC1CN(c2ccccc2)NC1=O.COc1ccc(N2CC(C)C(=O)N2)cc1.COc1cccc(N2CC(C)C(=O)N2)c1. The van der Waals surface area contributed by atoms with Crippen LogP contribution in [-0.2, 0) is 24.0 Å². The third-order valence-electron chi connectivity index (χ3n) is 17.7. The molecule has 5 aromatic rings. The molecule has 526 valence electrons. The minimum absolute atomic E-state index is 0. The van der Waals surface area contributed by atoms with Gasteiger partial charge in [-0.1, -0.05) is 216 Å². The van der Waals surface area contributed by atoms with E-state index >= 15 is 0 Å². The van der Waals surface area contributed by atoms with Crippen LogP contribution in [0, 0.1) is 53.3 Å². The quantitative estimate of drug-likeness (QED) is 0.0391. The number of hydrogen-bond acceptors (Lipinski definition) is 12. The topological polar surface area (TPSA) is 180 Å². The molecule has 17 heteroatoms. The average molecular weight is 1310 g/mol. The van der Waals surface area contributed by atoms with E-state index in [1.54, 1.807) is 14.2 Å². The lowest BCUT2D eigenvalue weighted by atomic mass is 9.87. The molecule has 9 atom stereocenters. The Kier molecular flexibility index (Phi) is 37.5. The smallest absolute Gasteiger partial charge is 0.243 e. The Morgan fingerprint density at radius 2 is 0.874 bits per heavy atom. The summed E-state index contributed by atoms with van der Waals surface area (Å²) in [6.07, 6.45) is 18.0. The van der Waals surface area contributed by atoms with Crippen LogP contribution in [0.5, 0.6) is 11.5 Å². The van der Waals surface area contributed by atoms with Gasteiger partial charge in [-0.15, -0.1) is 0 Å². The van der Waals surface area contributed by atoms with Crippen LogP contribution in [-0.4, -0.2) is 76.0 Å². The van der Waals surface area contributed by atoms with E-state index in [-0.39, 0.29) is 94.9 Å². The Labute approximate surface area is 573 Å². The molecule has 5 aromatic carbocycles. The standard InChI is InChI=1S/C27H46N2O.C14H18N2O.2C11H14N2O2.C11H14N2O.4CH4/c1-21(2)12-9-13-22(3)14-10-15-23(4)16-11-17-24(5)26-20-29(28-27(26)30)25-18-7-6-8-19-25;1-2-3-5-8-12-11-16(15-14(12)17)13-9-6-4-7-10-13;1-8-7-13(12-11(8)14)9-3-5-10(15-2)6-4-9;1-8-7-13(12-11(8)14)9-4-3-5-10(6-9)15-2;1-8-9(2)13(12-11(8)14)10-6-4-3-5-7-10;;;;/h6-8,18-19,21-24,26H,9-17,20H2,1-5H3,(H,28,30);3-7,9-10,12H,2,8,11H2,1H3,(H,15,17);2*3-6,8H,7H2,1-2H3,(H,12,14);3-9H,1-2H3,(H,12,14);4*1H4. The normalized spacial score (nSPS) is 20.1. The number of methoxy groups -OCH3 is 2. The first-order chi connectivity index (χ1) is 43.8. The summed E-state index contributed by atoms with van der Waals surface area (Å²) in [6, 6.07) is 45.5. The highest BCUT2D eigenvalue weighted by Crippen LogP contribution is 2.30. The number of para-hydroxylation sites is 3. The lowest BCUT2D eigenvalue weighted by Gasteiger charge is -2.23. The number of carbonyl (C=O) groups is 5. The fourth-order valence-corrected chi connectivity index (χ4v) is 11.5. The number of allylic oxidation sites excluding steroid dienone is 2. The monoisotopic (exact) mass is 1310 g/mol. The summed E-state index contributed by atoms with van der Waals surface area (Å²) in [5.41, 5.74) is 19.5. The molecule has 5 heterocycles. The summed E-state index contributed by atoms with van der Waals surface area (Å²) in [5, 5.41) is 9.55. The van der Waals surface area contributed by atoms with Crippen LogP contribution >= 0.6 is 0 Å². The molecule has 5 aliphatic rings. The Morgan fingerprint density at radius 1 is 0.442 bits per heavy atom. The van der Waals surface area contributed by atoms with Gasteiger partial charge < -0.3 is 9.47 Å². The number of amides is 5. The van der Waals surface area contributed by atoms with Crippen LogP contribution in [0.25, 0.3) is 0 Å². The van der Waals surface area contributed by atoms with Crippen molar-refractivity contribution in [2.24, 2.45) is 53.3 Å². The van der Waals surface area contributed by atoms with Gasteiger partial charge >= 0.3 is 0 Å². The van der Waals surface area contributed by atoms with Gasteiger partial charge in [-0.25, -0.2) is 0 Å². The van der Waals surface area contributed by atoms with E-state index in [1.165, 1.54) is 51.4 Å². The second kappa shape index (κ2) is 43.0. The molecule has 5 fully saturated rings. The number of carbonyl (C=O) groups excluding carboxylic acids is 5. The molecule has 9 unspecified atom stereocenters. The van der Waals surface area contributed by atoms with Crippen molar-refractivity contribution in [3.05, 3.63) is 152 Å². The van der Waals surface area contributed by atoms with Crippen molar-refractivity contribution in [1.29, 1.82) is 0 Å². The Bertz CT molecular complexity index is 3010. The molecular formula is C78H122N10O7. The predicted molar refractivity (Wildman–Crippen MR) is 397 cm³/mol. The van der Waals surface area contributed by atoms with Crippen LogP contribution in [0.1, 0.15) is 170 Å². The van der Waals surface area contributed by atoms with Crippen LogP contribution in [0.2, 0.25) is 0 Å². The molecule has 5 N–H and O–H groups in total. The summed E-state index contributed by atoms with van der Waals surface area (Å²) in [4.78, 5) is 58.3. The van der Waals surface area contributed by atoms with Gasteiger partial charge in [0.2, 0.25) is 29.5 Å². The zero-order valence-electron chi connectivity index (χ0n) is 56.4. The minimum atomic E-state index is 0. The van der Waals surface area contributed by atoms with Crippen LogP contribution in [0.4, 0.5) is 28.4 Å². The Hall–Kier alpha value is -8.21. The van der Waals surface area contributed by atoms with Crippen molar-refractivity contribution >= 4 is 58.0 Å². The lowest BCUT2D eigenvalue weighted by molar-refractivity contribution is -0.124. The van der Waals surface area contributed by atoms with E-state index in [0.717, 1.165) is 90.0 Å². The highest BCUT2D eigenvalue weighted by molar-refractivity contribution is 5.87. The second-order valence-electron chi connectivity index (χ2n) is 25.7. The molecule has 0 saturated carbocycles. The van der Waals surface area contributed by atoms with E-state index in [1.807, 2.05) is 173 Å². The van der Waals surface area contributed by atoms with Crippen molar-refractivity contribution in [2.45, 2.75) is 176 Å². The summed E-state index contributed by atoms with van der Waals surface area (Å²) >= 11 is 0. The first-order valence-electron chi connectivity index (χ1n) is 33.3. The first-order valence-corrected chi connectivity index (χ1v) is 33.3. The molecule has 5 saturated heterocycles. The Balaban J connectivity index is 0.000000414. The lowest BCUT2D eigenvalue weighted by Crippen LogP contribution is -2.37. The minimum Gasteiger partial charge on any atom is -0.497 e. The van der Waals surface area contributed by atoms with Gasteiger partial charge in [0, 0.05) is 6.07 Å². The summed E-state index contributed by atoms with van der Waals surface area (Å²) in [7, 11) is 3.26. The summed E-state index contributed by atoms with van der Waals surface area (Å²) in [6.45, 7) is 24.6. The fourth-order valence-electron chi connectivity index (χ4n) is 11.5. The van der Waals surface area contributed by atoms with Crippen molar-refractivity contribution in [3.63, 3.8) is 0 Å². The van der Waals surface area contributed by atoms with Gasteiger partial charge in [-0.3, -0.25) is 76.1 Å². The number of hydrazine groups is 5. The highest BCUT2D eigenvalue weighted by Gasteiger charge is 2.36. The van der Waals surface area contributed by atoms with Gasteiger partial charge in [0.05, 0.1) is 104 Å². The molecule has 17 nitrogen and oxygen atoms in total. The molecular weight excluding hydrogens is 1190 g/mol. The van der Waals surface area contributed by atoms with E-state index in [9.17, 15) is 24.0 Å². The maximum atomic E-state index is 12.5. The molecule has 0 spiro atoms. The number of rotatable bonds is 23. The van der Waals surface area contributed by atoms with Crippen molar-refractivity contribution in [2.75, 3.05) is 65.4 Å². The van der Waals surface area contributed by atoms with Gasteiger partial charge in [-0.2, -0.15) is 0 Å². The van der Waals surface area contributed by atoms with Crippen molar-refractivity contribution in [3.8, 4) is 11.5 Å². The molecule has 95 heavy (non-hydrogen) atoms. The third-order valence-corrected chi connectivity index (χ3v) is 17.7. The van der Waals surface area contributed by atoms with Gasteiger partial charge in [0.15, 0.2) is 0 Å². The number of anilines is 5. The number of hydrogen-bond donors (Lipinski definition) is 5. The third kappa shape index (κ3) is 26.5. The number of benzene rings is 5. The molecule has 10 rings (SSSR count). The fraction of sp³-hybridized carbons (Fsp3) is 0.526. The van der Waals surface area contributed by atoms with Crippen LogP contribution in [0.15, 0.2) is 152 Å². The second-order valence-corrected chi connectivity index (χ2v) is 25.7.